The van der Waals surface area contributed by atoms with Gasteiger partial charge in [0, 0.05) is 29.2 Å². The van der Waals surface area contributed by atoms with E-state index in [1.54, 1.807) is 10.6 Å². The van der Waals surface area contributed by atoms with Crippen LogP contribution < -0.4 is 17.0 Å². The summed E-state index contributed by atoms with van der Waals surface area (Å²) in [6, 6.07) is 20.9. The third-order valence-corrected chi connectivity index (χ3v) is 5.79. The standard InChI is InChI=1S/C17H14ClNO.C10H9FN4O/c1-2-13-11-12-7-6-10-15(18)16(12)17(20)19(13)14-8-4-3-5-9-14;11-6-1-5(2-7(16)3-6)8-4-14-10(13)15-9(8)12/h3-11H,2H2,1H3;1-4,16H,(H4,12,13,14,15). The molecule has 0 aliphatic rings. The molecule has 36 heavy (non-hydrogen) atoms. The normalized spacial score (nSPS) is 10.6. The summed E-state index contributed by atoms with van der Waals surface area (Å²) in [7, 11) is 0. The molecule has 5 N–H and O–H groups in total. The fraction of sp³-hybridized carbons (Fsp3) is 0.0741. The Hall–Kier alpha value is -4.43. The first-order chi connectivity index (χ1) is 17.3. The zero-order valence-corrected chi connectivity index (χ0v) is 20.1. The summed E-state index contributed by atoms with van der Waals surface area (Å²) >= 11 is 6.20. The molecular weight excluding hydrogens is 481 g/mol. The summed E-state index contributed by atoms with van der Waals surface area (Å²) in [6.45, 7) is 2.05. The maximum atomic E-state index is 13.1. The monoisotopic (exact) mass is 503 g/mol. The van der Waals surface area contributed by atoms with E-state index >= 15 is 0 Å². The summed E-state index contributed by atoms with van der Waals surface area (Å²) < 4.78 is 14.8. The number of anilines is 2. The van der Waals surface area contributed by atoms with E-state index in [0.717, 1.165) is 29.3 Å². The van der Waals surface area contributed by atoms with Crippen LogP contribution in [0.25, 0.3) is 27.6 Å². The minimum Gasteiger partial charge on any atom is -0.508 e. The minimum atomic E-state index is -0.564. The minimum absolute atomic E-state index is 0.0434. The molecule has 3 aromatic carbocycles. The van der Waals surface area contributed by atoms with Crippen LogP contribution in [0.2, 0.25) is 5.02 Å². The highest BCUT2D eigenvalue weighted by Gasteiger charge is 2.12. The number of phenolic OH excluding ortho intramolecular Hbond substituents is 1. The molecule has 0 saturated carbocycles. The fourth-order valence-corrected chi connectivity index (χ4v) is 4.12. The van der Waals surface area contributed by atoms with Crippen LogP contribution in [-0.4, -0.2) is 19.6 Å². The van der Waals surface area contributed by atoms with Crippen LogP contribution in [0, 0.1) is 5.82 Å². The Bertz CT molecular complexity index is 1590. The van der Waals surface area contributed by atoms with Gasteiger partial charge in [-0.25, -0.2) is 9.37 Å². The van der Waals surface area contributed by atoms with Crippen molar-refractivity contribution in [2.24, 2.45) is 0 Å². The number of aryl methyl sites for hydroxylation is 1. The van der Waals surface area contributed by atoms with Crippen LogP contribution in [0.3, 0.4) is 0 Å². The van der Waals surface area contributed by atoms with Crippen LogP contribution in [-0.2, 0) is 6.42 Å². The van der Waals surface area contributed by atoms with E-state index in [-0.39, 0.29) is 23.1 Å². The summed E-state index contributed by atoms with van der Waals surface area (Å²) in [5, 5.41) is 11.2. The Balaban J connectivity index is 0.000000174. The molecule has 182 valence electrons. The molecule has 0 fully saturated rings. The predicted octanol–water partition coefficient (Wildman–Crippen LogP) is 5.36. The van der Waals surface area contributed by atoms with E-state index in [9.17, 15) is 14.3 Å². The summed E-state index contributed by atoms with van der Waals surface area (Å²) in [4.78, 5) is 20.3. The highest BCUT2D eigenvalue weighted by molar-refractivity contribution is 6.35. The molecule has 2 aromatic heterocycles. The van der Waals surface area contributed by atoms with Crippen molar-refractivity contribution in [1.82, 2.24) is 14.5 Å². The van der Waals surface area contributed by atoms with E-state index in [1.165, 1.54) is 18.3 Å². The number of nitrogen functional groups attached to an aromatic ring is 2. The molecule has 0 bridgehead atoms. The third kappa shape index (κ3) is 5.13. The molecule has 0 atom stereocenters. The van der Waals surface area contributed by atoms with Gasteiger partial charge in [-0.05, 0) is 53.8 Å². The first kappa shape index (κ1) is 24.7. The van der Waals surface area contributed by atoms with Gasteiger partial charge in [-0.15, -0.1) is 0 Å². The highest BCUT2D eigenvalue weighted by Crippen LogP contribution is 2.28. The molecule has 0 unspecified atom stereocenters. The number of nitrogens with two attached hydrogens (primary N) is 2. The lowest BCUT2D eigenvalue weighted by Gasteiger charge is -2.14. The van der Waals surface area contributed by atoms with Crippen molar-refractivity contribution in [3.8, 4) is 22.6 Å². The zero-order chi connectivity index (χ0) is 25.8. The van der Waals surface area contributed by atoms with Crippen molar-refractivity contribution in [3.63, 3.8) is 0 Å². The van der Waals surface area contributed by atoms with Crippen LogP contribution in [0.15, 0.2) is 83.8 Å². The number of hydrogen-bond acceptors (Lipinski definition) is 6. The van der Waals surface area contributed by atoms with Crippen molar-refractivity contribution in [2.75, 3.05) is 11.5 Å². The van der Waals surface area contributed by atoms with Crippen molar-refractivity contribution in [1.29, 1.82) is 0 Å². The van der Waals surface area contributed by atoms with Crippen molar-refractivity contribution in [3.05, 3.63) is 106 Å². The van der Waals surface area contributed by atoms with E-state index in [2.05, 4.69) is 9.97 Å². The smallest absolute Gasteiger partial charge is 0.264 e. The molecule has 0 aliphatic carbocycles. The summed E-state index contributed by atoms with van der Waals surface area (Å²) in [5.41, 5.74) is 13.6. The average molecular weight is 504 g/mol. The number of para-hydroxylation sites is 1. The van der Waals surface area contributed by atoms with E-state index in [0.29, 0.717) is 21.5 Å². The molecule has 5 rings (SSSR count). The van der Waals surface area contributed by atoms with Gasteiger partial charge in [-0.2, -0.15) is 4.98 Å². The molecule has 7 nitrogen and oxygen atoms in total. The first-order valence-electron chi connectivity index (χ1n) is 11.0. The molecule has 0 aliphatic heterocycles. The zero-order valence-electron chi connectivity index (χ0n) is 19.3. The lowest BCUT2D eigenvalue weighted by molar-refractivity contribution is 0.469. The van der Waals surface area contributed by atoms with Crippen LogP contribution in [0.4, 0.5) is 16.2 Å². The molecule has 5 aromatic rings. The van der Waals surface area contributed by atoms with Gasteiger partial charge in [0.1, 0.15) is 17.4 Å². The molecule has 0 spiro atoms. The second-order valence-electron chi connectivity index (χ2n) is 7.89. The Morgan fingerprint density at radius 2 is 1.78 bits per heavy atom. The molecule has 9 heteroatoms. The van der Waals surface area contributed by atoms with E-state index < -0.39 is 5.82 Å². The molecule has 0 radical (unpaired) electrons. The SMILES string of the molecule is CCc1cc2cccc(Cl)c2c(=O)n1-c1ccccc1.Nc1ncc(-c2cc(O)cc(F)c2)c(N)n1. The number of fused-ring (bicyclic) bond motifs is 1. The predicted molar refractivity (Wildman–Crippen MR) is 142 cm³/mol. The van der Waals surface area contributed by atoms with E-state index in [1.807, 2.05) is 55.5 Å². The van der Waals surface area contributed by atoms with Gasteiger partial charge in [0.2, 0.25) is 5.95 Å². The van der Waals surface area contributed by atoms with Crippen LogP contribution in [0.5, 0.6) is 5.75 Å². The number of aromatic nitrogens is 3. The highest BCUT2D eigenvalue weighted by atomic mass is 35.5. The number of rotatable bonds is 3. The average Bonchev–Trinajstić information content (AvgIpc) is 2.84. The molecular formula is C27H23ClFN5O2. The quantitative estimate of drug-likeness (QED) is 0.305. The van der Waals surface area contributed by atoms with Crippen LogP contribution in [0.1, 0.15) is 12.6 Å². The van der Waals surface area contributed by atoms with Gasteiger partial charge in [-0.3, -0.25) is 9.36 Å². The topological polar surface area (TPSA) is 120 Å². The molecule has 2 heterocycles. The largest absolute Gasteiger partial charge is 0.508 e. The van der Waals surface area contributed by atoms with Crippen molar-refractivity contribution in [2.45, 2.75) is 13.3 Å². The number of aromatic hydroxyl groups is 1. The first-order valence-corrected chi connectivity index (χ1v) is 11.4. The third-order valence-electron chi connectivity index (χ3n) is 5.48. The summed E-state index contributed by atoms with van der Waals surface area (Å²) in [6.07, 6.45) is 2.17. The van der Waals surface area contributed by atoms with Gasteiger partial charge < -0.3 is 16.6 Å². The number of phenols is 1. The summed E-state index contributed by atoms with van der Waals surface area (Å²) in [5.74, 6) is -0.572. The Morgan fingerprint density at radius 3 is 2.44 bits per heavy atom. The Kier molecular flexibility index (Phi) is 7.17. The maximum Gasteiger partial charge on any atom is 0.264 e. The Labute approximate surface area is 211 Å². The second kappa shape index (κ2) is 10.5. The molecule has 0 saturated heterocycles. The van der Waals surface area contributed by atoms with Crippen molar-refractivity contribution < 1.29 is 9.50 Å². The number of pyridine rings is 1. The maximum absolute atomic E-state index is 13.1. The Morgan fingerprint density at radius 1 is 1.03 bits per heavy atom. The number of halogens is 2. The van der Waals surface area contributed by atoms with E-state index in [4.69, 9.17) is 23.1 Å². The lowest BCUT2D eigenvalue weighted by atomic mass is 10.1. The number of hydrogen-bond donors (Lipinski definition) is 3. The van der Waals surface area contributed by atoms with Gasteiger partial charge in [0.25, 0.3) is 5.56 Å². The number of benzene rings is 3. The second-order valence-corrected chi connectivity index (χ2v) is 8.30. The number of nitrogens with zero attached hydrogens (tertiary/aromatic N) is 3. The van der Waals surface area contributed by atoms with Gasteiger partial charge in [0.05, 0.1) is 10.4 Å². The van der Waals surface area contributed by atoms with Crippen LogP contribution >= 0.6 is 11.6 Å². The fourth-order valence-electron chi connectivity index (χ4n) is 3.85. The van der Waals surface area contributed by atoms with Gasteiger partial charge in [-0.1, -0.05) is 48.9 Å². The lowest BCUT2D eigenvalue weighted by Crippen LogP contribution is -2.22. The van der Waals surface area contributed by atoms with Crippen molar-refractivity contribution >= 4 is 34.1 Å². The molecule has 0 amide bonds. The van der Waals surface area contributed by atoms with Gasteiger partial charge in [0.15, 0.2) is 0 Å². The van der Waals surface area contributed by atoms with Gasteiger partial charge >= 0.3 is 0 Å².